The molecule has 2 aromatic rings. The van der Waals surface area contributed by atoms with E-state index >= 15 is 0 Å². The average Bonchev–Trinajstić information content (AvgIpc) is 3.12. The maximum atomic E-state index is 13.8. The van der Waals surface area contributed by atoms with Crippen LogP contribution in [0.3, 0.4) is 0 Å². The van der Waals surface area contributed by atoms with E-state index in [4.69, 9.17) is 15.6 Å². The largest absolute Gasteiger partial charge is 0.490 e. The normalized spacial score (nSPS) is 14.9. The summed E-state index contributed by atoms with van der Waals surface area (Å²) in [6, 6.07) is 6.64. The molecule has 0 atom stereocenters. The van der Waals surface area contributed by atoms with Crippen LogP contribution in [-0.2, 0) is 9.59 Å². The summed E-state index contributed by atoms with van der Waals surface area (Å²) in [4.78, 5) is 26.7. The number of carboxylic acids is 1. The Labute approximate surface area is 161 Å². The molecule has 28 heavy (non-hydrogen) atoms. The number of thiazole rings is 1. The number of halogens is 4. The third kappa shape index (κ3) is 5.65. The molecule has 1 aromatic heterocycles. The summed E-state index contributed by atoms with van der Waals surface area (Å²) in [7, 11) is 0. The second-order valence-corrected chi connectivity index (χ2v) is 6.80. The zero-order valence-electron chi connectivity index (χ0n) is 14.4. The minimum absolute atomic E-state index is 0.0350. The van der Waals surface area contributed by atoms with Gasteiger partial charge in [-0.1, -0.05) is 12.1 Å². The maximum Gasteiger partial charge on any atom is 0.490 e. The quantitative estimate of drug-likeness (QED) is 0.745. The van der Waals surface area contributed by atoms with E-state index < -0.39 is 12.1 Å². The summed E-state index contributed by atoms with van der Waals surface area (Å²) in [6.45, 7) is 1.52. The number of primary amides is 1. The summed E-state index contributed by atoms with van der Waals surface area (Å²) in [6.07, 6.45) is -3.58. The Morgan fingerprint density at radius 3 is 2.29 bits per heavy atom. The van der Waals surface area contributed by atoms with Gasteiger partial charge in [0.2, 0.25) is 5.91 Å². The van der Waals surface area contributed by atoms with Gasteiger partial charge >= 0.3 is 12.1 Å². The van der Waals surface area contributed by atoms with Crippen molar-refractivity contribution in [1.29, 1.82) is 0 Å². The van der Waals surface area contributed by atoms with Gasteiger partial charge in [-0.3, -0.25) is 4.79 Å². The summed E-state index contributed by atoms with van der Waals surface area (Å²) in [5.41, 5.74) is 6.51. The number of hydrogen-bond donors (Lipinski definition) is 2. The number of carbonyl (C=O) groups excluding carboxylic acids is 1. The van der Waals surface area contributed by atoms with Crippen LogP contribution in [0.25, 0.3) is 11.3 Å². The Hall–Kier alpha value is -2.69. The van der Waals surface area contributed by atoms with Gasteiger partial charge in [-0.25, -0.2) is 14.2 Å². The third-order valence-electron chi connectivity index (χ3n) is 4.05. The Kier molecular flexibility index (Phi) is 6.95. The molecule has 0 bridgehead atoms. The minimum atomic E-state index is -5.08. The Morgan fingerprint density at radius 1 is 1.21 bits per heavy atom. The first-order valence-corrected chi connectivity index (χ1v) is 9.02. The topological polar surface area (TPSA) is 96.5 Å². The molecule has 0 spiro atoms. The number of benzene rings is 1. The van der Waals surface area contributed by atoms with Crippen molar-refractivity contribution >= 4 is 28.3 Å². The standard InChI is InChI=1S/C15H16FN3OS.C2HF3O2/c16-12-4-2-1-3-11(12)13-9-21-15(18-13)19-7-5-10(6-8-19)14(17)20;3-2(4,5)1(6)7/h1-4,9-10H,5-8H2,(H2,17,20);(H,6,7). The van der Waals surface area contributed by atoms with Gasteiger partial charge < -0.3 is 15.7 Å². The van der Waals surface area contributed by atoms with E-state index in [0.29, 0.717) is 11.3 Å². The monoisotopic (exact) mass is 419 g/mol. The minimum Gasteiger partial charge on any atom is -0.475 e. The van der Waals surface area contributed by atoms with Crippen molar-refractivity contribution < 1.29 is 32.3 Å². The van der Waals surface area contributed by atoms with Crippen LogP contribution in [0, 0.1) is 11.7 Å². The molecule has 1 aliphatic rings. The lowest BCUT2D eigenvalue weighted by Gasteiger charge is -2.30. The van der Waals surface area contributed by atoms with E-state index in [1.807, 2.05) is 5.38 Å². The van der Waals surface area contributed by atoms with Crippen molar-refractivity contribution in [2.75, 3.05) is 18.0 Å². The molecule has 0 radical (unpaired) electrons. The predicted octanol–water partition coefficient (Wildman–Crippen LogP) is 3.28. The number of nitrogens with zero attached hydrogens (tertiary/aromatic N) is 2. The molecule has 152 valence electrons. The van der Waals surface area contributed by atoms with E-state index in [-0.39, 0.29) is 17.6 Å². The van der Waals surface area contributed by atoms with Crippen molar-refractivity contribution in [2.24, 2.45) is 11.7 Å². The number of amides is 1. The molecular weight excluding hydrogens is 402 g/mol. The number of carboxylic acid groups (broad SMARTS) is 1. The van der Waals surface area contributed by atoms with E-state index in [1.54, 1.807) is 18.2 Å². The highest BCUT2D eigenvalue weighted by Crippen LogP contribution is 2.31. The number of aliphatic carboxylic acids is 1. The van der Waals surface area contributed by atoms with Crippen LogP contribution >= 0.6 is 11.3 Å². The van der Waals surface area contributed by atoms with Crippen molar-refractivity contribution in [2.45, 2.75) is 19.0 Å². The zero-order valence-corrected chi connectivity index (χ0v) is 15.3. The van der Waals surface area contributed by atoms with E-state index in [2.05, 4.69) is 9.88 Å². The average molecular weight is 419 g/mol. The van der Waals surface area contributed by atoms with Gasteiger partial charge in [0.1, 0.15) is 5.82 Å². The molecule has 1 fully saturated rings. The summed E-state index contributed by atoms with van der Waals surface area (Å²) >= 11 is 1.50. The first-order chi connectivity index (χ1) is 13.1. The highest BCUT2D eigenvalue weighted by atomic mass is 32.1. The van der Waals surface area contributed by atoms with Gasteiger partial charge in [-0.15, -0.1) is 11.3 Å². The molecular formula is C17H17F4N3O3S. The van der Waals surface area contributed by atoms with Crippen molar-refractivity contribution in [1.82, 2.24) is 4.98 Å². The number of aromatic nitrogens is 1. The van der Waals surface area contributed by atoms with Crippen molar-refractivity contribution in [3.8, 4) is 11.3 Å². The third-order valence-corrected chi connectivity index (χ3v) is 4.95. The predicted molar refractivity (Wildman–Crippen MR) is 95.3 cm³/mol. The van der Waals surface area contributed by atoms with Gasteiger partial charge in [0.15, 0.2) is 5.13 Å². The molecule has 1 amide bonds. The second-order valence-electron chi connectivity index (χ2n) is 5.96. The SMILES string of the molecule is NC(=O)C1CCN(c2nc(-c3ccccc3F)cs2)CC1.O=C(O)C(F)(F)F. The molecule has 3 rings (SSSR count). The molecule has 11 heteroatoms. The molecule has 0 aliphatic carbocycles. The first kappa shape index (κ1) is 21.6. The Morgan fingerprint density at radius 2 is 1.79 bits per heavy atom. The summed E-state index contributed by atoms with van der Waals surface area (Å²) < 4.78 is 45.5. The van der Waals surface area contributed by atoms with Gasteiger partial charge in [-0.2, -0.15) is 13.2 Å². The molecule has 1 aromatic carbocycles. The number of alkyl halides is 3. The van der Waals surface area contributed by atoms with Gasteiger partial charge in [0.05, 0.1) is 5.69 Å². The van der Waals surface area contributed by atoms with Crippen LogP contribution in [0.15, 0.2) is 29.6 Å². The number of hydrogen-bond acceptors (Lipinski definition) is 5. The lowest BCUT2D eigenvalue weighted by atomic mass is 9.97. The van der Waals surface area contributed by atoms with Gasteiger partial charge in [-0.05, 0) is 25.0 Å². The molecule has 1 aliphatic heterocycles. The van der Waals surface area contributed by atoms with Crippen LogP contribution < -0.4 is 10.6 Å². The molecule has 2 heterocycles. The molecule has 0 unspecified atom stereocenters. The zero-order chi connectivity index (χ0) is 20.9. The fourth-order valence-electron chi connectivity index (χ4n) is 2.56. The number of carbonyl (C=O) groups is 2. The molecule has 6 nitrogen and oxygen atoms in total. The fraction of sp³-hybridized carbons (Fsp3) is 0.353. The molecule has 1 saturated heterocycles. The van der Waals surface area contributed by atoms with Crippen molar-refractivity contribution in [3.05, 3.63) is 35.5 Å². The highest BCUT2D eigenvalue weighted by Gasteiger charge is 2.38. The van der Waals surface area contributed by atoms with E-state index in [0.717, 1.165) is 31.1 Å². The number of nitrogens with two attached hydrogens (primary N) is 1. The lowest BCUT2D eigenvalue weighted by Crippen LogP contribution is -2.38. The van der Waals surface area contributed by atoms with Gasteiger partial charge in [0.25, 0.3) is 0 Å². The summed E-state index contributed by atoms with van der Waals surface area (Å²) in [5.74, 6) is -3.28. The summed E-state index contributed by atoms with van der Waals surface area (Å²) in [5, 5.41) is 9.87. The van der Waals surface area contributed by atoms with Crippen LogP contribution in [0.2, 0.25) is 0 Å². The maximum absolute atomic E-state index is 13.8. The number of anilines is 1. The Balaban J connectivity index is 0.000000345. The van der Waals surface area contributed by atoms with E-state index in [1.165, 1.54) is 17.4 Å². The molecule has 3 N–H and O–H groups in total. The van der Waals surface area contributed by atoms with Gasteiger partial charge in [0, 0.05) is 30.0 Å². The second kappa shape index (κ2) is 9.00. The van der Waals surface area contributed by atoms with Crippen LogP contribution in [0.1, 0.15) is 12.8 Å². The molecule has 0 saturated carbocycles. The number of piperidine rings is 1. The van der Waals surface area contributed by atoms with E-state index in [9.17, 15) is 22.4 Å². The number of rotatable bonds is 3. The van der Waals surface area contributed by atoms with Crippen LogP contribution in [-0.4, -0.2) is 41.2 Å². The van der Waals surface area contributed by atoms with Crippen LogP contribution in [0.4, 0.5) is 22.7 Å². The first-order valence-electron chi connectivity index (χ1n) is 8.14. The van der Waals surface area contributed by atoms with Crippen LogP contribution in [0.5, 0.6) is 0 Å². The fourth-order valence-corrected chi connectivity index (χ4v) is 3.44. The highest BCUT2D eigenvalue weighted by molar-refractivity contribution is 7.14. The van der Waals surface area contributed by atoms with Crippen molar-refractivity contribution in [3.63, 3.8) is 0 Å². The lowest BCUT2D eigenvalue weighted by molar-refractivity contribution is -0.192. The smallest absolute Gasteiger partial charge is 0.475 e. The Bertz CT molecular complexity index is 833.